The van der Waals surface area contributed by atoms with Crippen molar-refractivity contribution in [3.8, 4) is 5.75 Å². The second-order valence-electron chi connectivity index (χ2n) is 7.09. The summed E-state index contributed by atoms with van der Waals surface area (Å²) in [6.45, 7) is 4.88. The van der Waals surface area contributed by atoms with E-state index in [1.54, 1.807) is 7.05 Å². The van der Waals surface area contributed by atoms with E-state index in [9.17, 15) is 0 Å². The molecule has 2 N–H and O–H groups in total. The Morgan fingerprint density at radius 1 is 1.07 bits per heavy atom. The van der Waals surface area contributed by atoms with Gasteiger partial charge in [0.05, 0.1) is 19.8 Å². The lowest BCUT2D eigenvalue weighted by molar-refractivity contribution is 0.122. The summed E-state index contributed by atoms with van der Waals surface area (Å²) < 4.78 is 11.5. The molecule has 1 atom stereocenters. The van der Waals surface area contributed by atoms with Crippen LogP contribution < -0.4 is 20.3 Å². The third-order valence-electron chi connectivity index (χ3n) is 5.22. The molecule has 0 radical (unpaired) electrons. The number of morpholine rings is 1. The third-order valence-corrected chi connectivity index (χ3v) is 5.22. The van der Waals surface area contributed by atoms with Crippen molar-refractivity contribution in [3.05, 3.63) is 59.7 Å². The normalized spacial score (nSPS) is 18.4. The van der Waals surface area contributed by atoms with Crippen LogP contribution in [0.25, 0.3) is 0 Å². The molecule has 4 rings (SSSR count). The number of nitrogens with zero attached hydrogens (tertiary/aromatic N) is 2. The number of anilines is 1. The highest BCUT2D eigenvalue weighted by Gasteiger charge is 2.22. The maximum Gasteiger partial charge on any atom is 0.191 e. The molecule has 0 aromatic heterocycles. The van der Waals surface area contributed by atoms with Crippen LogP contribution in [0.1, 0.15) is 11.1 Å². The molecule has 2 aromatic rings. The lowest BCUT2D eigenvalue weighted by atomic mass is 10.1. The summed E-state index contributed by atoms with van der Waals surface area (Å²) in [6, 6.07) is 16.8. The van der Waals surface area contributed by atoms with E-state index in [1.807, 2.05) is 12.1 Å². The first-order valence-corrected chi connectivity index (χ1v) is 9.93. The Hall–Kier alpha value is -2.00. The van der Waals surface area contributed by atoms with E-state index >= 15 is 0 Å². The van der Waals surface area contributed by atoms with Crippen LogP contribution in [0.15, 0.2) is 53.5 Å². The number of hydrogen-bond acceptors (Lipinski definition) is 4. The molecule has 0 aliphatic carbocycles. The van der Waals surface area contributed by atoms with Crippen LogP contribution >= 0.6 is 24.0 Å². The van der Waals surface area contributed by atoms with Gasteiger partial charge in [-0.2, -0.15) is 0 Å². The molecule has 2 aromatic carbocycles. The van der Waals surface area contributed by atoms with Crippen molar-refractivity contribution in [2.45, 2.75) is 19.1 Å². The molecule has 2 heterocycles. The van der Waals surface area contributed by atoms with Crippen LogP contribution in [0, 0.1) is 0 Å². The van der Waals surface area contributed by atoms with Crippen LogP contribution in [-0.4, -0.2) is 52.0 Å². The Morgan fingerprint density at radius 2 is 1.83 bits per heavy atom. The van der Waals surface area contributed by atoms with Gasteiger partial charge in [-0.25, -0.2) is 0 Å². The molecular weight excluding hydrogens is 479 g/mol. The Kier molecular flexibility index (Phi) is 8.00. The monoisotopic (exact) mass is 508 g/mol. The molecule has 7 heteroatoms. The van der Waals surface area contributed by atoms with Crippen molar-refractivity contribution < 1.29 is 9.47 Å². The highest BCUT2D eigenvalue weighted by molar-refractivity contribution is 14.0. The standard InChI is InChI=1S/C22H28N4O2.HI/c1-23-22(25-16-19-14-17-6-3-5-9-21(17)28-19)24-15-18-7-2-4-8-20(18)26-10-12-27-13-11-26;/h2-9,19H,10-16H2,1H3,(H2,23,24,25);1H. The number of rotatable bonds is 5. The Bertz CT molecular complexity index is 799. The van der Waals surface area contributed by atoms with Gasteiger partial charge in [0.15, 0.2) is 5.96 Å². The minimum Gasteiger partial charge on any atom is -0.488 e. The predicted octanol–water partition coefficient (Wildman–Crippen LogP) is 2.81. The number of aliphatic imine (C=N–C) groups is 1. The summed E-state index contributed by atoms with van der Waals surface area (Å²) >= 11 is 0. The van der Waals surface area contributed by atoms with Crippen LogP contribution in [0.5, 0.6) is 5.75 Å². The van der Waals surface area contributed by atoms with Crippen LogP contribution in [0.4, 0.5) is 5.69 Å². The van der Waals surface area contributed by atoms with E-state index in [1.165, 1.54) is 16.8 Å². The Morgan fingerprint density at radius 3 is 2.62 bits per heavy atom. The summed E-state index contributed by atoms with van der Waals surface area (Å²) in [7, 11) is 1.80. The van der Waals surface area contributed by atoms with E-state index in [-0.39, 0.29) is 30.1 Å². The molecule has 1 fully saturated rings. The van der Waals surface area contributed by atoms with E-state index in [0.717, 1.165) is 57.5 Å². The van der Waals surface area contributed by atoms with Crippen LogP contribution in [-0.2, 0) is 17.7 Å². The van der Waals surface area contributed by atoms with Crippen LogP contribution in [0.2, 0.25) is 0 Å². The summed E-state index contributed by atoms with van der Waals surface area (Å²) in [5.41, 5.74) is 3.80. The average Bonchev–Trinajstić information content (AvgIpc) is 3.18. The highest BCUT2D eigenvalue weighted by atomic mass is 127. The van der Waals surface area contributed by atoms with Crippen molar-refractivity contribution in [2.75, 3.05) is 44.8 Å². The van der Waals surface area contributed by atoms with E-state index in [2.05, 4.69) is 56.9 Å². The molecule has 1 saturated heterocycles. The number of benzene rings is 2. The Balaban J connectivity index is 0.00000240. The minimum absolute atomic E-state index is 0. The summed E-state index contributed by atoms with van der Waals surface area (Å²) in [5.74, 6) is 1.79. The number of halogens is 1. The fourth-order valence-electron chi connectivity index (χ4n) is 3.75. The highest BCUT2D eigenvalue weighted by Crippen LogP contribution is 2.27. The van der Waals surface area contributed by atoms with Gasteiger partial charge in [0.1, 0.15) is 11.9 Å². The second-order valence-corrected chi connectivity index (χ2v) is 7.09. The van der Waals surface area contributed by atoms with E-state index < -0.39 is 0 Å². The third kappa shape index (κ3) is 5.54. The van der Waals surface area contributed by atoms with Gasteiger partial charge in [-0.05, 0) is 23.3 Å². The van der Waals surface area contributed by atoms with E-state index in [4.69, 9.17) is 9.47 Å². The summed E-state index contributed by atoms with van der Waals surface area (Å²) in [4.78, 5) is 6.75. The van der Waals surface area contributed by atoms with Crippen molar-refractivity contribution >= 4 is 35.6 Å². The molecule has 2 aliphatic heterocycles. The number of para-hydroxylation sites is 2. The lowest BCUT2D eigenvalue weighted by Crippen LogP contribution is -2.42. The topological polar surface area (TPSA) is 58.1 Å². The number of hydrogen-bond donors (Lipinski definition) is 2. The molecule has 29 heavy (non-hydrogen) atoms. The summed E-state index contributed by atoms with van der Waals surface area (Å²) in [6.07, 6.45) is 1.07. The molecule has 6 nitrogen and oxygen atoms in total. The number of guanidine groups is 1. The zero-order valence-electron chi connectivity index (χ0n) is 16.8. The van der Waals surface area contributed by atoms with Gasteiger partial charge in [0, 0.05) is 38.8 Å². The molecule has 0 saturated carbocycles. The second kappa shape index (κ2) is 10.7. The quantitative estimate of drug-likeness (QED) is 0.370. The van der Waals surface area contributed by atoms with Crippen molar-refractivity contribution in [1.29, 1.82) is 0 Å². The van der Waals surface area contributed by atoms with Gasteiger partial charge in [-0.3, -0.25) is 4.99 Å². The number of fused-ring (bicyclic) bond motifs is 1. The first kappa shape index (κ1) is 21.7. The first-order chi connectivity index (χ1) is 13.8. The number of ether oxygens (including phenoxy) is 2. The van der Waals surface area contributed by atoms with Gasteiger partial charge in [-0.1, -0.05) is 36.4 Å². The Labute approximate surface area is 189 Å². The SMILES string of the molecule is CN=C(NCc1ccccc1N1CCOCC1)NCC1Cc2ccccc2O1.I. The zero-order chi connectivity index (χ0) is 19.2. The molecule has 1 unspecified atom stereocenters. The largest absolute Gasteiger partial charge is 0.488 e. The molecular formula is C22H29IN4O2. The molecule has 156 valence electrons. The molecule has 0 amide bonds. The smallest absolute Gasteiger partial charge is 0.191 e. The molecule has 0 bridgehead atoms. The van der Waals surface area contributed by atoms with Crippen molar-refractivity contribution in [2.24, 2.45) is 4.99 Å². The van der Waals surface area contributed by atoms with Crippen LogP contribution in [0.3, 0.4) is 0 Å². The fraction of sp³-hybridized carbons (Fsp3) is 0.409. The minimum atomic E-state index is 0. The lowest BCUT2D eigenvalue weighted by Gasteiger charge is -2.30. The first-order valence-electron chi connectivity index (χ1n) is 9.93. The van der Waals surface area contributed by atoms with E-state index in [0.29, 0.717) is 0 Å². The summed E-state index contributed by atoms with van der Waals surface area (Å²) in [5, 5.41) is 6.83. The van der Waals surface area contributed by atoms with Gasteiger partial charge in [-0.15, -0.1) is 24.0 Å². The van der Waals surface area contributed by atoms with Crippen molar-refractivity contribution in [1.82, 2.24) is 10.6 Å². The molecule has 2 aliphatic rings. The number of nitrogens with one attached hydrogen (secondary N) is 2. The maximum atomic E-state index is 6.00. The maximum absolute atomic E-state index is 6.00. The zero-order valence-corrected chi connectivity index (χ0v) is 19.1. The predicted molar refractivity (Wildman–Crippen MR) is 128 cm³/mol. The van der Waals surface area contributed by atoms with Gasteiger partial charge >= 0.3 is 0 Å². The van der Waals surface area contributed by atoms with Crippen molar-refractivity contribution in [3.63, 3.8) is 0 Å². The van der Waals surface area contributed by atoms with Gasteiger partial charge in [0.2, 0.25) is 0 Å². The molecule has 0 spiro atoms. The van der Waals surface area contributed by atoms with Gasteiger partial charge in [0.25, 0.3) is 0 Å². The fourth-order valence-corrected chi connectivity index (χ4v) is 3.75. The van der Waals surface area contributed by atoms with Gasteiger partial charge < -0.3 is 25.0 Å². The average molecular weight is 508 g/mol.